The van der Waals surface area contributed by atoms with Gasteiger partial charge in [0.15, 0.2) is 0 Å². The van der Waals surface area contributed by atoms with Gasteiger partial charge in [-0.1, -0.05) is 25.1 Å². The van der Waals surface area contributed by atoms with E-state index >= 15 is 0 Å². The quantitative estimate of drug-likeness (QED) is 0.287. The van der Waals surface area contributed by atoms with Crippen molar-refractivity contribution in [2.24, 2.45) is 0 Å². The number of alkyl carbamates (subject to hydrolysis) is 1. The van der Waals surface area contributed by atoms with Crippen LogP contribution in [0.25, 0.3) is 0 Å². The molecule has 0 aliphatic heterocycles. The van der Waals surface area contributed by atoms with Crippen molar-refractivity contribution in [3.05, 3.63) is 29.3 Å². The Morgan fingerprint density at radius 3 is 2.38 bits per heavy atom. The molecule has 1 aromatic rings. The van der Waals surface area contributed by atoms with Crippen molar-refractivity contribution in [3.63, 3.8) is 0 Å². The second-order valence-electron chi connectivity index (χ2n) is 8.62. The first kappa shape index (κ1) is 29.1. The molecule has 0 saturated heterocycles. The van der Waals surface area contributed by atoms with Crippen LogP contribution < -0.4 is 10.6 Å². The van der Waals surface area contributed by atoms with Gasteiger partial charge in [-0.15, -0.1) is 0 Å². The van der Waals surface area contributed by atoms with E-state index in [2.05, 4.69) is 28.0 Å². The predicted octanol–water partition coefficient (Wildman–Crippen LogP) is 2.09. The average Bonchev–Trinajstić information content (AvgIpc) is 2.76. The summed E-state index contributed by atoms with van der Waals surface area (Å²) in [6.07, 6.45) is -0.327. The predicted molar refractivity (Wildman–Crippen MR) is 130 cm³/mol. The number of amides is 3. The second-order valence-corrected chi connectivity index (χ2v) is 8.99. The third kappa shape index (κ3) is 8.44. The highest BCUT2D eigenvalue weighted by atomic mass is 32.1. The standard InChI is InChI=1S/C23H35N3O7S/c1-7-11-26(21(30)16(13-34)25-22(31)33-23(3,4)5)18(20(29)24-12-17(27)32-6)15-10-8-9-14(2)19(15)28/h8-10,16,18,28,34H,7,11-13H2,1-6H3,(H,24,29)(H,25,31). The first-order chi connectivity index (χ1) is 15.9. The highest BCUT2D eigenvalue weighted by molar-refractivity contribution is 7.80. The summed E-state index contributed by atoms with van der Waals surface area (Å²) in [5.74, 6) is -2.18. The van der Waals surface area contributed by atoms with E-state index in [9.17, 15) is 24.3 Å². The molecule has 0 aliphatic rings. The smallest absolute Gasteiger partial charge is 0.408 e. The number of esters is 1. The van der Waals surface area contributed by atoms with Gasteiger partial charge in [-0.2, -0.15) is 12.6 Å². The SMILES string of the molecule is CCCN(C(=O)C(CS)NC(=O)OC(C)(C)C)C(C(=O)NCC(=O)OC)c1cccc(C)c1O. The highest BCUT2D eigenvalue weighted by Crippen LogP contribution is 2.32. The molecule has 34 heavy (non-hydrogen) atoms. The number of hydrogen-bond donors (Lipinski definition) is 4. The minimum Gasteiger partial charge on any atom is -0.507 e. The molecule has 2 atom stereocenters. The summed E-state index contributed by atoms with van der Waals surface area (Å²) in [4.78, 5) is 51.9. The molecule has 0 heterocycles. The molecule has 2 unspecified atom stereocenters. The van der Waals surface area contributed by atoms with Crippen LogP contribution in [0, 0.1) is 6.92 Å². The molecule has 3 amide bonds. The molecule has 1 aromatic carbocycles. The molecular formula is C23H35N3O7S. The van der Waals surface area contributed by atoms with Gasteiger partial charge in [-0.3, -0.25) is 14.4 Å². The number of carbonyl (C=O) groups excluding carboxylic acids is 4. The van der Waals surface area contributed by atoms with E-state index in [0.29, 0.717) is 12.0 Å². The Morgan fingerprint density at radius 1 is 1.21 bits per heavy atom. The summed E-state index contributed by atoms with van der Waals surface area (Å²) in [5, 5.41) is 15.6. The summed E-state index contributed by atoms with van der Waals surface area (Å²) in [6.45, 7) is 8.26. The molecule has 0 spiro atoms. The van der Waals surface area contributed by atoms with Crippen LogP contribution >= 0.6 is 12.6 Å². The number of methoxy groups -OCH3 is 1. The van der Waals surface area contributed by atoms with Crippen LogP contribution in [0.15, 0.2) is 18.2 Å². The topological polar surface area (TPSA) is 134 Å². The van der Waals surface area contributed by atoms with E-state index in [-0.39, 0.29) is 23.6 Å². The highest BCUT2D eigenvalue weighted by Gasteiger charge is 2.37. The minimum atomic E-state index is -1.28. The summed E-state index contributed by atoms with van der Waals surface area (Å²) in [7, 11) is 1.19. The molecule has 190 valence electrons. The Hall–Kier alpha value is -2.95. The van der Waals surface area contributed by atoms with Crippen molar-refractivity contribution < 1.29 is 33.8 Å². The van der Waals surface area contributed by atoms with E-state index in [1.807, 2.05) is 6.92 Å². The fourth-order valence-electron chi connectivity index (χ4n) is 3.12. The van der Waals surface area contributed by atoms with E-state index in [1.54, 1.807) is 39.8 Å². The third-order valence-electron chi connectivity index (χ3n) is 4.68. The molecular weight excluding hydrogens is 462 g/mol. The zero-order valence-electron chi connectivity index (χ0n) is 20.5. The normalized spacial score (nSPS) is 12.8. The summed E-state index contributed by atoms with van der Waals surface area (Å²) >= 11 is 4.20. The number of nitrogens with zero attached hydrogens (tertiary/aromatic N) is 1. The van der Waals surface area contributed by atoms with Crippen LogP contribution in [-0.4, -0.2) is 71.5 Å². The number of phenolic OH excluding ortho intramolecular Hbond substituents is 1. The van der Waals surface area contributed by atoms with Gasteiger partial charge >= 0.3 is 12.1 Å². The first-order valence-corrected chi connectivity index (χ1v) is 11.5. The molecule has 0 bridgehead atoms. The number of nitrogens with one attached hydrogen (secondary N) is 2. The van der Waals surface area contributed by atoms with Gasteiger partial charge in [-0.25, -0.2) is 4.79 Å². The monoisotopic (exact) mass is 497 g/mol. The van der Waals surface area contributed by atoms with Crippen molar-refractivity contribution in [2.75, 3.05) is 26.0 Å². The number of benzene rings is 1. The maximum atomic E-state index is 13.5. The van der Waals surface area contributed by atoms with Crippen LogP contribution in [-0.2, 0) is 23.9 Å². The molecule has 0 radical (unpaired) electrons. The lowest BCUT2D eigenvalue weighted by Crippen LogP contribution is -2.54. The number of aromatic hydroxyl groups is 1. The summed E-state index contributed by atoms with van der Waals surface area (Å²) in [6, 6.07) is 2.45. The van der Waals surface area contributed by atoms with Gasteiger partial charge in [0, 0.05) is 17.9 Å². The third-order valence-corrected chi connectivity index (χ3v) is 5.04. The van der Waals surface area contributed by atoms with Crippen molar-refractivity contribution in [1.82, 2.24) is 15.5 Å². The number of rotatable bonds is 10. The van der Waals surface area contributed by atoms with Gasteiger partial charge in [0.1, 0.15) is 30.0 Å². The van der Waals surface area contributed by atoms with Crippen molar-refractivity contribution in [3.8, 4) is 5.75 Å². The maximum Gasteiger partial charge on any atom is 0.408 e. The Kier molecular flexibility index (Phi) is 11.2. The lowest BCUT2D eigenvalue weighted by atomic mass is 9.99. The van der Waals surface area contributed by atoms with E-state index in [4.69, 9.17) is 4.74 Å². The van der Waals surface area contributed by atoms with Crippen molar-refractivity contribution in [1.29, 1.82) is 0 Å². The molecule has 0 saturated carbocycles. The van der Waals surface area contributed by atoms with E-state index in [0.717, 1.165) is 0 Å². The van der Waals surface area contributed by atoms with Crippen LogP contribution in [0.4, 0.5) is 4.79 Å². The van der Waals surface area contributed by atoms with Gasteiger partial charge in [0.05, 0.1) is 7.11 Å². The Labute approximate surface area is 205 Å². The van der Waals surface area contributed by atoms with Gasteiger partial charge in [0.25, 0.3) is 0 Å². The van der Waals surface area contributed by atoms with Gasteiger partial charge < -0.3 is 30.1 Å². The largest absolute Gasteiger partial charge is 0.507 e. The Balaban J connectivity index is 3.40. The molecule has 10 nitrogen and oxygen atoms in total. The number of para-hydroxylation sites is 1. The van der Waals surface area contributed by atoms with Crippen LogP contribution in [0.5, 0.6) is 5.75 Å². The average molecular weight is 498 g/mol. The van der Waals surface area contributed by atoms with E-state index in [1.165, 1.54) is 18.1 Å². The van der Waals surface area contributed by atoms with E-state index < -0.39 is 48.1 Å². The van der Waals surface area contributed by atoms with Crippen LogP contribution in [0.2, 0.25) is 0 Å². The van der Waals surface area contributed by atoms with Gasteiger partial charge in [0.2, 0.25) is 11.8 Å². The molecule has 0 aliphatic carbocycles. The maximum absolute atomic E-state index is 13.5. The summed E-state index contributed by atoms with van der Waals surface area (Å²) in [5.41, 5.74) is -0.0924. The molecule has 1 rings (SSSR count). The fraction of sp³-hybridized carbons (Fsp3) is 0.565. The number of aryl methyl sites for hydroxylation is 1. The number of phenols is 1. The number of carbonyl (C=O) groups is 4. The Bertz CT molecular complexity index is 886. The number of hydrogen-bond acceptors (Lipinski definition) is 8. The number of thiol groups is 1. The van der Waals surface area contributed by atoms with Crippen molar-refractivity contribution >= 4 is 36.5 Å². The lowest BCUT2D eigenvalue weighted by Gasteiger charge is -2.34. The van der Waals surface area contributed by atoms with Crippen LogP contribution in [0.1, 0.15) is 51.3 Å². The lowest BCUT2D eigenvalue weighted by molar-refractivity contribution is -0.144. The Morgan fingerprint density at radius 2 is 1.85 bits per heavy atom. The number of ether oxygens (including phenoxy) is 2. The van der Waals surface area contributed by atoms with Crippen molar-refractivity contribution in [2.45, 2.75) is 58.7 Å². The first-order valence-electron chi connectivity index (χ1n) is 10.9. The minimum absolute atomic E-state index is 0.0609. The van der Waals surface area contributed by atoms with Gasteiger partial charge in [-0.05, 0) is 39.7 Å². The second kappa shape index (κ2) is 13.1. The molecule has 0 fully saturated rings. The summed E-state index contributed by atoms with van der Waals surface area (Å²) < 4.78 is 9.81. The van der Waals surface area contributed by atoms with Crippen LogP contribution in [0.3, 0.4) is 0 Å². The molecule has 3 N–H and O–H groups in total. The molecule has 0 aromatic heterocycles. The molecule has 11 heteroatoms. The fourth-order valence-corrected chi connectivity index (χ4v) is 3.37. The zero-order valence-corrected chi connectivity index (χ0v) is 21.4. The zero-order chi connectivity index (χ0) is 26.1.